The Bertz CT molecular complexity index is 631. The van der Waals surface area contributed by atoms with E-state index in [0.717, 1.165) is 29.1 Å². The van der Waals surface area contributed by atoms with E-state index in [1.807, 2.05) is 24.4 Å². The van der Waals surface area contributed by atoms with Crippen LogP contribution in [-0.4, -0.2) is 20.6 Å². The summed E-state index contributed by atoms with van der Waals surface area (Å²) in [5.41, 5.74) is 3.38. The van der Waals surface area contributed by atoms with Crippen molar-refractivity contribution >= 4 is 5.97 Å². The Morgan fingerprint density at radius 2 is 2.21 bits per heavy atom. The van der Waals surface area contributed by atoms with E-state index in [4.69, 9.17) is 0 Å². The normalized spacial score (nSPS) is 18.1. The quantitative estimate of drug-likeness (QED) is 0.898. The first-order valence-corrected chi connectivity index (χ1v) is 6.50. The zero-order chi connectivity index (χ0) is 13.4. The minimum atomic E-state index is -0.713. The van der Waals surface area contributed by atoms with Crippen molar-refractivity contribution in [3.8, 4) is 11.4 Å². The fourth-order valence-corrected chi connectivity index (χ4v) is 2.69. The summed E-state index contributed by atoms with van der Waals surface area (Å²) >= 11 is 0. The minimum absolute atomic E-state index is 0.301. The number of carboxylic acids is 1. The van der Waals surface area contributed by atoms with Gasteiger partial charge in [-0.3, -0.25) is 4.79 Å². The Hall–Kier alpha value is -2.10. The van der Waals surface area contributed by atoms with Gasteiger partial charge in [-0.1, -0.05) is 24.3 Å². The molecule has 0 saturated heterocycles. The maximum absolute atomic E-state index is 11.2. The molecule has 2 aromatic rings. The Morgan fingerprint density at radius 3 is 2.95 bits per heavy atom. The Balaban J connectivity index is 2.04. The summed E-state index contributed by atoms with van der Waals surface area (Å²) in [6.07, 6.45) is 3.37. The highest BCUT2D eigenvalue weighted by Crippen LogP contribution is 2.28. The molecule has 1 aromatic carbocycles. The molecule has 19 heavy (non-hydrogen) atoms. The number of hydrogen-bond donors (Lipinski definition) is 1. The lowest BCUT2D eigenvalue weighted by molar-refractivity contribution is -0.142. The van der Waals surface area contributed by atoms with Crippen LogP contribution in [0.5, 0.6) is 0 Å². The highest BCUT2D eigenvalue weighted by atomic mass is 16.4. The molecule has 0 saturated carbocycles. The van der Waals surface area contributed by atoms with Crippen molar-refractivity contribution in [2.45, 2.75) is 26.3 Å². The fourth-order valence-electron chi connectivity index (χ4n) is 2.69. The third kappa shape index (κ3) is 2.03. The molecule has 0 spiro atoms. The van der Waals surface area contributed by atoms with Gasteiger partial charge in [-0.25, -0.2) is 4.98 Å². The van der Waals surface area contributed by atoms with Crippen molar-refractivity contribution in [2.75, 3.05) is 0 Å². The summed E-state index contributed by atoms with van der Waals surface area (Å²) in [5, 5.41) is 9.18. The van der Waals surface area contributed by atoms with Gasteiger partial charge in [-0.05, 0) is 25.3 Å². The van der Waals surface area contributed by atoms with Gasteiger partial charge >= 0.3 is 5.97 Å². The lowest BCUT2D eigenvalue weighted by Crippen LogP contribution is -2.26. The molecule has 0 radical (unpaired) electrons. The van der Waals surface area contributed by atoms with E-state index in [1.165, 1.54) is 0 Å². The predicted octanol–water partition coefficient (Wildman–Crippen LogP) is 2.51. The molecule has 0 aliphatic carbocycles. The molecule has 2 heterocycles. The molecule has 1 aromatic heterocycles. The van der Waals surface area contributed by atoms with Crippen LogP contribution >= 0.6 is 0 Å². The van der Waals surface area contributed by atoms with Gasteiger partial charge in [-0.2, -0.15) is 0 Å². The molecular formula is C15H16N2O2. The molecule has 1 aliphatic heterocycles. The van der Waals surface area contributed by atoms with Gasteiger partial charge in [0.2, 0.25) is 0 Å². The summed E-state index contributed by atoms with van der Waals surface area (Å²) in [5.74, 6) is -0.126. The molecule has 3 rings (SSSR count). The lowest BCUT2D eigenvalue weighted by Gasteiger charge is -2.22. The van der Waals surface area contributed by atoms with Gasteiger partial charge in [0.25, 0.3) is 0 Å². The van der Waals surface area contributed by atoms with Gasteiger partial charge < -0.3 is 9.67 Å². The van der Waals surface area contributed by atoms with E-state index in [1.54, 1.807) is 0 Å². The van der Waals surface area contributed by atoms with Gasteiger partial charge in [0.15, 0.2) is 0 Å². The van der Waals surface area contributed by atoms with Gasteiger partial charge in [-0.15, -0.1) is 0 Å². The van der Waals surface area contributed by atoms with Crippen molar-refractivity contribution in [1.82, 2.24) is 9.55 Å². The average molecular weight is 256 g/mol. The standard InChI is InChI=1S/C15H16N2O2/c1-10-4-2-3-5-13(10)14-16-8-12-7-6-11(15(18)19)9-17(12)14/h2-5,8,11H,6-7,9H2,1H3,(H,18,19). The second-order valence-corrected chi connectivity index (χ2v) is 5.07. The van der Waals surface area contributed by atoms with E-state index in [2.05, 4.69) is 22.5 Å². The topological polar surface area (TPSA) is 55.1 Å². The summed E-state index contributed by atoms with van der Waals surface area (Å²) in [6, 6.07) is 8.07. The van der Waals surface area contributed by atoms with Gasteiger partial charge in [0, 0.05) is 24.0 Å². The van der Waals surface area contributed by atoms with E-state index in [9.17, 15) is 9.90 Å². The van der Waals surface area contributed by atoms with E-state index in [-0.39, 0.29) is 5.92 Å². The van der Waals surface area contributed by atoms with Gasteiger partial charge in [0.1, 0.15) is 5.82 Å². The molecule has 0 fully saturated rings. The number of carboxylic acid groups (broad SMARTS) is 1. The molecule has 1 atom stereocenters. The molecule has 4 heteroatoms. The van der Waals surface area contributed by atoms with Crippen LogP contribution in [0.1, 0.15) is 17.7 Å². The van der Waals surface area contributed by atoms with Crippen LogP contribution in [0.25, 0.3) is 11.4 Å². The second kappa shape index (κ2) is 4.53. The number of nitrogens with zero attached hydrogens (tertiary/aromatic N) is 2. The van der Waals surface area contributed by atoms with Crippen molar-refractivity contribution in [2.24, 2.45) is 5.92 Å². The highest BCUT2D eigenvalue weighted by molar-refractivity contribution is 5.70. The number of aryl methyl sites for hydroxylation is 2. The predicted molar refractivity (Wildman–Crippen MR) is 71.8 cm³/mol. The van der Waals surface area contributed by atoms with Crippen molar-refractivity contribution in [3.05, 3.63) is 41.7 Å². The van der Waals surface area contributed by atoms with Crippen LogP contribution in [0.2, 0.25) is 0 Å². The Morgan fingerprint density at radius 1 is 1.42 bits per heavy atom. The minimum Gasteiger partial charge on any atom is -0.481 e. The number of rotatable bonds is 2. The van der Waals surface area contributed by atoms with Crippen LogP contribution in [0, 0.1) is 12.8 Å². The van der Waals surface area contributed by atoms with Crippen LogP contribution in [0.3, 0.4) is 0 Å². The van der Waals surface area contributed by atoms with Crippen LogP contribution in [-0.2, 0) is 17.8 Å². The number of carbonyl (C=O) groups is 1. The maximum Gasteiger partial charge on any atom is 0.308 e. The monoisotopic (exact) mass is 256 g/mol. The molecular weight excluding hydrogens is 240 g/mol. The Labute approximate surface area is 111 Å². The summed E-state index contributed by atoms with van der Waals surface area (Å²) in [7, 11) is 0. The second-order valence-electron chi connectivity index (χ2n) is 5.07. The first kappa shape index (κ1) is 12.0. The smallest absolute Gasteiger partial charge is 0.308 e. The first-order valence-electron chi connectivity index (χ1n) is 6.50. The zero-order valence-electron chi connectivity index (χ0n) is 10.8. The zero-order valence-corrected chi connectivity index (χ0v) is 10.8. The number of fused-ring (bicyclic) bond motifs is 1. The van der Waals surface area contributed by atoms with E-state index >= 15 is 0 Å². The number of aromatic nitrogens is 2. The first-order chi connectivity index (χ1) is 9.16. The number of benzene rings is 1. The van der Waals surface area contributed by atoms with Crippen molar-refractivity contribution < 1.29 is 9.90 Å². The molecule has 0 amide bonds. The van der Waals surface area contributed by atoms with Crippen LogP contribution < -0.4 is 0 Å². The van der Waals surface area contributed by atoms with Crippen molar-refractivity contribution in [1.29, 1.82) is 0 Å². The SMILES string of the molecule is Cc1ccccc1-c1ncc2n1CC(C(=O)O)CC2. The third-order valence-corrected chi connectivity index (χ3v) is 3.83. The average Bonchev–Trinajstić information content (AvgIpc) is 2.82. The highest BCUT2D eigenvalue weighted by Gasteiger charge is 2.26. The van der Waals surface area contributed by atoms with Crippen LogP contribution in [0.4, 0.5) is 0 Å². The number of hydrogen-bond acceptors (Lipinski definition) is 2. The maximum atomic E-state index is 11.2. The third-order valence-electron chi connectivity index (χ3n) is 3.83. The van der Waals surface area contributed by atoms with Crippen LogP contribution in [0.15, 0.2) is 30.5 Å². The lowest BCUT2D eigenvalue weighted by atomic mass is 9.98. The van der Waals surface area contributed by atoms with Crippen molar-refractivity contribution in [3.63, 3.8) is 0 Å². The molecule has 1 N–H and O–H groups in total. The Kier molecular flexibility index (Phi) is 2.85. The molecule has 1 aliphatic rings. The fraction of sp³-hybridized carbons (Fsp3) is 0.333. The van der Waals surface area contributed by atoms with Gasteiger partial charge in [0.05, 0.1) is 5.92 Å². The molecule has 0 bridgehead atoms. The largest absolute Gasteiger partial charge is 0.481 e. The molecule has 4 nitrogen and oxygen atoms in total. The van der Waals surface area contributed by atoms with E-state index < -0.39 is 5.97 Å². The van der Waals surface area contributed by atoms with E-state index in [0.29, 0.717) is 13.0 Å². The number of imidazole rings is 1. The number of aliphatic carboxylic acids is 1. The summed E-state index contributed by atoms with van der Waals surface area (Å²) < 4.78 is 2.06. The molecule has 98 valence electrons. The summed E-state index contributed by atoms with van der Waals surface area (Å²) in [4.78, 5) is 15.7. The summed E-state index contributed by atoms with van der Waals surface area (Å²) in [6.45, 7) is 2.57. The molecule has 1 unspecified atom stereocenters.